The molecule has 0 saturated carbocycles. The van der Waals surface area contributed by atoms with E-state index in [1.807, 2.05) is 22.7 Å². The fourth-order valence-electron chi connectivity index (χ4n) is 2.36. The molecule has 1 unspecified atom stereocenters. The quantitative estimate of drug-likeness (QED) is 0.719. The highest BCUT2D eigenvalue weighted by Gasteiger charge is 2.15. The number of nitrogens with one attached hydrogen (secondary N) is 1. The Kier molecular flexibility index (Phi) is 3.94. The Hall–Kier alpha value is -1.52. The lowest BCUT2D eigenvalue weighted by molar-refractivity contribution is 0.663. The molecule has 1 N–H and O–H groups in total. The maximum absolute atomic E-state index is 3.67. The molecule has 2 nitrogen and oxygen atoms in total. The fourth-order valence-corrected chi connectivity index (χ4v) is 3.88. The zero-order valence-corrected chi connectivity index (χ0v) is 13.3. The number of aryl methyl sites for hydroxylation is 2. The van der Waals surface area contributed by atoms with Crippen molar-refractivity contribution in [1.29, 1.82) is 0 Å². The molecule has 0 aliphatic carbocycles. The second-order valence-electron chi connectivity index (χ2n) is 4.93. The summed E-state index contributed by atoms with van der Waals surface area (Å²) in [5.74, 6) is 0. The van der Waals surface area contributed by atoms with Gasteiger partial charge in [-0.05, 0) is 48.9 Å². The average Bonchev–Trinajstić information content (AvgIpc) is 3.15. The van der Waals surface area contributed by atoms with E-state index in [1.54, 1.807) is 0 Å². The van der Waals surface area contributed by atoms with Gasteiger partial charge in [0.1, 0.15) is 0 Å². The highest BCUT2D eigenvalue weighted by Crippen LogP contribution is 2.26. The molecule has 20 heavy (non-hydrogen) atoms. The SMILES string of the molecule is Cc1ccc(C)n1NC(Cc1cccs1)c1cccs1. The number of aromatic nitrogens is 1. The number of nitrogens with zero attached hydrogens (tertiary/aromatic N) is 1. The van der Waals surface area contributed by atoms with Crippen LogP contribution in [0.4, 0.5) is 0 Å². The van der Waals surface area contributed by atoms with Gasteiger partial charge in [0.15, 0.2) is 0 Å². The van der Waals surface area contributed by atoms with Crippen LogP contribution in [0, 0.1) is 13.8 Å². The zero-order chi connectivity index (χ0) is 13.9. The van der Waals surface area contributed by atoms with Crippen LogP contribution in [0.25, 0.3) is 0 Å². The van der Waals surface area contributed by atoms with Gasteiger partial charge in [0.25, 0.3) is 0 Å². The second kappa shape index (κ2) is 5.85. The molecular formula is C16H18N2S2. The molecule has 0 radical (unpaired) electrons. The van der Waals surface area contributed by atoms with Gasteiger partial charge in [0.05, 0.1) is 6.04 Å². The molecule has 104 valence electrons. The van der Waals surface area contributed by atoms with Crippen LogP contribution in [0.1, 0.15) is 27.2 Å². The van der Waals surface area contributed by atoms with Gasteiger partial charge in [0, 0.05) is 27.6 Å². The third-order valence-corrected chi connectivity index (χ3v) is 5.31. The van der Waals surface area contributed by atoms with Crippen molar-refractivity contribution in [1.82, 2.24) is 4.68 Å². The van der Waals surface area contributed by atoms with Crippen LogP contribution in [0.3, 0.4) is 0 Å². The largest absolute Gasteiger partial charge is 0.317 e. The Morgan fingerprint density at radius 2 is 1.70 bits per heavy atom. The summed E-state index contributed by atoms with van der Waals surface area (Å²) in [5, 5.41) is 4.29. The summed E-state index contributed by atoms with van der Waals surface area (Å²) in [6.07, 6.45) is 1.02. The minimum atomic E-state index is 0.318. The third-order valence-electron chi connectivity index (χ3n) is 3.43. The van der Waals surface area contributed by atoms with E-state index >= 15 is 0 Å². The summed E-state index contributed by atoms with van der Waals surface area (Å²) in [6.45, 7) is 4.27. The van der Waals surface area contributed by atoms with Gasteiger partial charge in [-0.15, -0.1) is 22.7 Å². The van der Waals surface area contributed by atoms with Crippen molar-refractivity contribution < 1.29 is 0 Å². The number of hydrogen-bond donors (Lipinski definition) is 1. The Bertz CT molecular complexity index is 631. The maximum Gasteiger partial charge on any atom is 0.0814 e. The van der Waals surface area contributed by atoms with Gasteiger partial charge < -0.3 is 5.43 Å². The molecule has 0 bridgehead atoms. The lowest BCUT2D eigenvalue weighted by Gasteiger charge is -2.21. The van der Waals surface area contributed by atoms with Crippen molar-refractivity contribution in [2.75, 3.05) is 5.43 Å². The predicted octanol–water partition coefficient (Wildman–Crippen LogP) is 4.76. The van der Waals surface area contributed by atoms with Crippen LogP contribution in [-0.4, -0.2) is 4.68 Å². The Morgan fingerprint density at radius 3 is 2.30 bits per heavy atom. The zero-order valence-electron chi connectivity index (χ0n) is 11.7. The van der Waals surface area contributed by atoms with E-state index < -0.39 is 0 Å². The fraction of sp³-hybridized carbons (Fsp3) is 0.250. The summed E-state index contributed by atoms with van der Waals surface area (Å²) in [6, 6.07) is 13.3. The van der Waals surface area contributed by atoms with Gasteiger partial charge in [-0.1, -0.05) is 12.1 Å². The summed E-state index contributed by atoms with van der Waals surface area (Å²) in [4.78, 5) is 2.80. The molecule has 1 atom stereocenters. The van der Waals surface area contributed by atoms with Crippen molar-refractivity contribution in [3.8, 4) is 0 Å². The molecule has 0 saturated heterocycles. The first-order valence-corrected chi connectivity index (χ1v) is 8.47. The second-order valence-corrected chi connectivity index (χ2v) is 6.94. The van der Waals surface area contributed by atoms with E-state index in [0.29, 0.717) is 6.04 Å². The molecule has 3 heterocycles. The average molecular weight is 302 g/mol. The Labute approximate surface area is 127 Å². The first kappa shape index (κ1) is 13.5. The van der Waals surface area contributed by atoms with Crippen LogP contribution in [0.5, 0.6) is 0 Å². The van der Waals surface area contributed by atoms with Crippen molar-refractivity contribution >= 4 is 22.7 Å². The van der Waals surface area contributed by atoms with E-state index in [-0.39, 0.29) is 0 Å². The summed E-state index contributed by atoms with van der Waals surface area (Å²) in [5.41, 5.74) is 6.16. The summed E-state index contributed by atoms with van der Waals surface area (Å²) in [7, 11) is 0. The summed E-state index contributed by atoms with van der Waals surface area (Å²) < 4.78 is 2.19. The van der Waals surface area contributed by atoms with Crippen LogP contribution in [0.2, 0.25) is 0 Å². The number of hydrogen-bond acceptors (Lipinski definition) is 3. The molecule has 0 amide bonds. The minimum absolute atomic E-state index is 0.318. The summed E-state index contributed by atoms with van der Waals surface area (Å²) >= 11 is 3.64. The molecule has 0 aliphatic heterocycles. The van der Waals surface area contributed by atoms with E-state index in [1.165, 1.54) is 21.1 Å². The van der Waals surface area contributed by atoms with Crippen molar-refractivity contribution in [2.24, 2.45) is 0 Å². The normalized spacial score (nSPS) is 12.5. The highest BCUT2D eigenvalue weighted by molar-refractivity contribution is 7.10. The van der Waals surface area contributed by atoms with Gasteiger partial charge in [-0.3, -0.25) is 4.68 Å². The van der Waals surface area contributed by atoms with Crippen LogP contribution >= 0.6 is 22.7 Å². The highest BCUT2D eigenvalue weighted by atomic mass is 32.1. The topological polar surface area (TPSA) is 17.0 Å². The Morgan fingerprint density at radius 1 is 1.00 bits per heavy atom. The van der Waals surface area contributed by atoms with Crippen LogP contribution in [-0.2, 0) is 6.42 Å². The molecule has 0 fully saturated rings. The van der Waals surface area contributed by atoms with Gasteiger partial charge in [0.2, 0.25) is 0 Å². The minimum Gasteiger partial charge on any atom is -0.317 e. The van der Waals surface area contributed by atoms with Crippen molar-refractivity contribution in [3.05, 3.63) is 68.3 Å². The van der Waals surface area contributed by atoms with E-state index in [0.717, 1.165) is 6.42 Å². The molecular weight excluding hydrogens is 284 g/mol. The Balaban J connectivity index is 1.86. The molecule has 0 spiro atoms. The van der Waals surface area contributed by atoms with Gasteiger partial charge in [-0.2, -0.15) is 0 Å². The smallest absolute Gasteiger partial charge is 0.0814 e. The maximum atomic E-state index is 3.67. The third kappa shape index (κ3) is 2.81. The van der Waals surface area contributed by atoms with Crippen LogP contribution < -0.4 is 5.43 Å². The standard InChI is InChI=1S/C16H18N2S2/c1-12-7-8-13(2)18(12)17-15(16-6-4-10-20-16)11-14-5-3-9-19-14/h3-10,15,17H,11H2,1-2H3. The predicted molar refractivity (Wildman–Crippen MR) is 88.3 cm³/mol. The molecule has 3 rings (SSSR count). The first-order chi connectivity index (χ1) is 9.74. The first-order valence-electron chi connectivity index (χ1n) is 6.71. The lowest BCUT2D eigenvalue weighted by atomic mass is 10.1. The number of rotatable bonds is 5. The number of thiophene rings is 2. The van der Waals surface area contributed by atoms with E-state index in [9.17, 15) is 0 Å². The van der Waals surface area contributed by atoms with E-state index in [4.69, 9.17) is 0 Å². The molecule has 3 aromatic heterocycles. The lowest BCUT2D eigenvalue weighted by Crippen LogP contribution is -2.23. The molecule has 0 aromatic carbocycles. The van der Waals surface area contributed by atoms with Gasteiger partial charge >= 0.3 is 0 Å². The van der Waals surface area contributed by atoms with Crippen LogP contribution in [0.15, 0.2) is 47.2 Å². The van der Waals surface area contributed by atoms with Crippen molar-refractivity contribution in [3.63, 3.8) is 0 Å². The van der Waals surface area contributed by atoms with E-state index in [2.05, 4.69) is 71.1 Å². The van der Waals surface area contributed by atoms with Crippen molar-refractivity contribution in [2.45, 2.75) is 26.3 Å². The molecule has 0 aliphatic rings. The monoisotopic (exact) mass is 302 g/mol. The molecule has 4 heteroatoms. The molecule has 3 aromatic rings. The van der Waals surface area contributed by atoms with Gasteiger partial charge in [-0.25, -0.2) is 0 Å².